The lowest BCUT2D eigenvalue weighted by Crippen LogP contribution is -2.13. The zero-order valence-electron chi connectivity index (χ0n) is 17.3. The fourth-order valence-electron chi connectivity index (χ4n) is 3.37. The number of aryl methyl sites for hydroxylation is 1. The molecule has 10 heteroatoms. The number of halogens is 1. The minimum Gasteiger partial charge on any atom is -0.278 e. The number of nitrogens with zero attached hydrogens (tertiary/aromatic N) is 5. The molecule has 0 saturated carbocycles. The molecule has 0 unspecified atom stereocenters. The number of aromatic nitrogens is 5. The summed E-state index contributed by atoms with van der Waals surface area (Å²) in [6.45, 7) is 0. The third-order valence-electron chi connectivity index (χ3n) is 4.99. The van der Waals surface area contributed by atoms with Gasteiger partial charge in [0.05, 0.1) is 45.9 Å². The second-order valence-corrected chi connectivity index (χ2v) is 9.50. The molecule has 0 amide bonds. The summed E-state index contributed by atoms with van der Waals surface area (Å²) in [5.41, 5.74) is 4.97. The van der Waals surface area contributed by atoms with Gasteiger partial charge in [-0.15, -0.1) is 0 Å². The average molecular weight is 477 g/mol. The van der Waals surface area contributed by atoms with Crippen molar-refractivity contribution in [1.82, 2.24) is 24.7 Å². The van der Waals surface area contributed by atoms with Gasteiger partial charge >= 0.3 is 0 Å². The molecule has 0 atom stereocenters. The molecule has 3 aromatic heterocycles. The first-order valence-electron chi connectivity index (χ1n) is 9.87. The van der Waals surface area contributed by atoms with Crippen LogP contribution in [0.4, 0.5) is 5.69 Å². The highest BCUT2D eigenvalue weighted by Gasteiger charge is 2.15. The largest absolute Gasteiger partial charge is 0.278 e. The van der Waals surface area contributed by atoms with Gasteiger partial charge in [0.25, 0.3) is 10.0 Å². The normalized spacial score (nSPS) is 11.6. The van der Waals surface area contributed by atoms with Crippen molar-refractivity contribution in [2.75, 3.05) is 4.72 Å². The summed E-state index contributed by atoms with van der Waals surface area (Å²) >= 11 is 5.86. The van der Waals surface area contributed by atoms with E-state index in [1.807, 2.05) is 31.4 Å². The van der Waals surface area contributed by atoms with E-state index < -0.39 is 10.0 Å². The first kappa shape index (κ1) is 21.0. The number of benzene rings is 2. The highest BCUT2D eigenvalue weighted by molar-refractivity contribution is 7.92. The average Bonchev–Trinajstić information content (AvgIpc) is 3.25. The summed E-state index contributed by atoms with van der Waals surface area (Å²) in [5, 5.41) is 4.64. The molecule has 5 rings (SSSR count). The fourth-order valence-corrected chi connectivity index (χ4v) is 4.53. The molecule has 0 aliphatic carbocycles. The van der Waals surface area contributed by atoms with Crippen LogP contribution in [-0.2, 0) is 17.1 Å². The van der Waals surface area contributed by atoms with Crippen molar-refractivity contribution in [1.29, 1.82) is 0 Å². The van der Waals surface area contributed by atoms with Gasteiger partial charge in [-0.2, -0.15) is 5.10 Å². The van der Waals surface area contributed by atoms with Crippen LogP contribution in [0.5, 0.6) is 0 Å². The van der Waals surface area contributed by atoms with Crippen LogP contribution in [0, 0.1) is 0 Å². The Hall–Kier alpha value is -3.82. The van der Waals surface area contributed by atoms with Gasteiger partial charge in [-0.3, -0.25) is 19.4 Å². The van der Waals surface area contributed by atoms with Gasteiger partial charge in [-0.1, -0.05) is 17.7 Å². The third-order valence-corrected chi connectivity index (χ3v) is 6.64. The maximum absolute atomic E-state index is 12.7. The summed E-state index contributed by atoms with van der Waals surface area (Å²) in [5.74, 6) is 0. The number of pyridine rings is 1. The lowest BCUT2D eigenvalue weighted by atomic mass is 10.1. The highest BCUT2D eigenvalue weighted by Crippen LogP contribution is 2.27. The van der Waals surface area contributed by atoms with Gasteiger partial charge < -0.3 is 0 Å². The van der Waals surface area contributed by atoms with Gasteiger partial charge in [0, 0.05) is 35.6 Å². The quantitative estimate of drug-likeness (QED) is 0.399. The van der Waals surface area contributed by atoms with E-state index in [-0.39, 0.29) is 4.90 Å². The van der Waals surface area contributed by atoms with E-state index in [4.69, 9.17) is 16.6 Å². The Labute approximate surface area is 195 Å². The Kier molecular flexibility index (Phi) is 5.27. The number of sulfonamides is 1. The number of hydrogen-bond donors (Lipinski definition) is 1. The second-order valence-electron chi connectivity index (χ2n) is 7.38. The number of hydrogen-bond acceptors (Lipinski definition) is 6. The van der Waals surface area contributed by atoms with Crippen LogP contribution in [0.1, 0.15) is 0 Å². The molecule has 0 bridgehead atoms. The Balaban J connectivity index is 1.47. The minimum absolute atomic E-state index is 0.112. The lowest BCUT2D eigenvalue weighted by molar-refractivity contribution is 0.601. The van der Waals surface area contributed by atoms with Crippen LogP contribution in [0.2, 0.25) is 5.02 Å². The Morgan fingerprint density at radius 1 is 0.879 bits per heavy atom. The Morgan fingerprint density at radius 2 is 1.70 bits per heavy atom. The summed E-state index contributed by atoms with van der Waals surface area (Å²) in [4.78, 5) is 13.5. The monoisotopic (exact) mass is 476 g/mol. The van der Waals surface area contributed by atoms with Crippen molar-refractivity contribution in [2.45, 2.75) is 4.90 Å². The van der Waals surface area contributed by atoms with Crippen molar-refractivity contribution in [3.05, 3.63) is 84.5 Å². The third kappa shape index (κ3) is 4.41. The van der Waals surface area contributed by atoms with E-state index in [0.717, 1.165) is 27.9 Å². The molecule has 0 aliphatic rings. The number of anilines is 1. The van der Waals surface area contributed by atoms with Gasteiger partial charge in [0.15, 0.2) is 0 Å². The molecule has 1 N–H and O–H groups in total. The van der Waals surface area contributed by atoms with Gasteiger partial charge in [-0.05, 0) is 48.0 Å². The molecular weight excluding hydrogens is 460 g/mol. The molecule has 0 spiro atoms. The van der Waals surface area contributed by atoms with E-state index >= 15 is 0 Å². The van der Waals surface area contributed by atoms with Crippen molar-refractivity contribution >= 4 is 38.3 Å². The zero-order valence-corrected chi connectivity index (χ0v) is 18.9. The van der Waals surface area contributed by atoms with E-state index in [2.05, 4.69) is 19.8 Å². The molecule has 0 aliphatic heterocycles. The summed E-state index contributed by atoms with van der Waals surface area (Å²) < 4.78 is 29.7. The predicted octanol–water partition coefficient (Wildman–Crippen LogP) is 4.55. The van der Waals surface area contributed by atoms with Crippen LogP contribution in [-0.4, -0.2) is 33.2 Å². The van der Waals surface area contributed by atoms with E-state index in [1.165, 1.54) is 30.5 Å². The maximum atomic E-state index is 12.7. The number of nitrogens with one attached hydrogen (secondary N) is 1. The Morgan fingerprint density at radius 3 is 2.45 bits per heavy atom. The molecule has 3 heterocycles. The van der Waals surface area contributed by atoms with Crippen molar-refractivity contribution in [3.8, 4) is 22.4 Å². The Bertz CT molecular complexity index is 1580. The molecule has 0 radical (unpaired) electrons. The van der Waals surface area contributed by atoms with Gasteiger partial charge in [-0.25, -0.2) is 13.4 Å². The fraction of sp³-hybridized carbons (Fsp3) is 0.0435. The van der Waals surface area contributed by atoms with Crippen LogP contribution in [0.25, 0.3) is 33.4 Å². The van der Waals surface area contributed by atoms with E-state index in [1.54, 1.807) is 29.3 Å². The summed E-state index contributed by atoms with van der Waals surface area (Å²) in [7, 11) is -1.93. The molecule has 164 valence electrons. The van der Waals surface area contributed by atoms with E-state index in [0.29, 0.717) is 16.2 Å². The second kappa shape index (κ2) is 8.27. The first-order valence-corrected chi connectivity index (χ1v) is 11.7. The van der Waals surface area contributed by atoms with Crippen LogP contribution < -0.4 is 4.72 Å². The SMILES string of the molecule is Cn1cc(-c2cnc3ccc(-c4cncc(NS(=O)(=O)c5ccc(Cl)cc5)c4)cc3n2)cn1. The summed E-state index contributed by atoms with van der Waals surface area (Å²) in [6.07, 6.45) is 8.45. The molecule has 5 aromatic rings. The number of fused-ring (bicyclic) bond motifs is 1. The van der Waals surface area contributed by atoms with Gasteiger partial charge in [0.1, 0.15) is 0 Å². The van der Waals surface area contributed by atoms with Crippen molar-refractivity contribution < 1.29 is 8.42 Å². The minimum atomic E-state index is -3.78. The molecular formula is C23H17ClN6O2S. The molecule has 0 saturated heterocycles. The van der Waals surface area contributed by atoms with Crippen LogP contribution >= 0.6 is 11.6 Å². The number of rotatable bonds is 5. The smallest absolute Gasteiger partial charge is 0.261 e. The molecule has 8 nitrogen and oxygen atoms in total. The van der Waals surface area contributed by atoms with Crippen LogP contribution in [0.15, 0.2) is 84.4 Å². The van der Waals surface area contributed by atoms with E-state index in [9.17, 15) is 8.42 Å². The standard InChI is InChI=1S/C23H17ClN6O2S/c1-30-14-17(11-27-30)23-13-26-21-7-2-15(9-22(21)28-23)16-8-19(12-25-10-16)29-33(31,32)20-5-3-18(24)4-6-20/h2-14,29H,1H3. The topological polar surface area (TPSA) is 103 Å². The zero-order chi connectivity index (χ0) is 23.0. The highest BCUT2D eigenvalue weighted by atomic mass is 35.5. The van der Waals surface area contributed by atoms with Crippen LogP contribution in [0.3, 0.4) is 0 Å². The van der Waals surface area contributed by atoms with Crippen molar-refractivity contribution in [3.63, 3.8) is 0 Å². The molecule has 2 aromatic carbocycles. The van der Waals surface area contributed by atoms with Gasteiger partial charge in [0.2, 0.25) is 0 Å². The lowest BCUT2D eigenvalue weighted by Gasteiger charge is -2.10. The predicted molar refractivity (Wildman–Crippen MR) is 127 cm³/mol. The summed E-state index contributed by atoms with van der Waals surface area (Å²) in [6, 6.07) is 13.3. The maximum Gasteiger partial charge on any atom is 0.261 e. The molecule has 0 fully saturated rings. The van der Waals surface area contributed by atoms with Crippen molar-refractivity contribution in [2.24, 2.45) is 7.05 Å². The first-order chi connectivity index (χ1) is 15.9. The molecule has 33 heavy (non-hydrogen) atoms.